The molecule has 0 bridgehead atoms. The Kier molecular flexibility index (Phi) is 5.98. The van der Waals surface area contributed by atoms with Crippen LogP contribution in [0.3, 0.4) is 0 Å². The van der Waals surface area contributed by atoms with Crippen molar-refractivity contribution in [1.29, 1.82) is 0 Å². The lowest BCUT2D eigenvalue weighted by Crippen LogP contribution is -2.29. The zero-order chi connectivity index (χ0) is 20.8. The van der Waals surface area contributed by atoms with E-state index in [0.717, 1.165) is 10.2 Å². The molecule has 148 valence electrons. The van der Waals surface area contributed by atoms with Crippen LogP contribution in [0.5, 0.6) is 5.75 Å². The molecule has 0 aliphatic carbocycles. The fraction of sp³-hybridized carbons (Fsp3) is 0.150. The van der Waals surface area contributed by atoms with Gasteiger partial charge in [0, 0.05) is 17.7 Å². The summed E-state index contributed by atoms with van der Waals surface area (Å²) >= 11 is 0. The standard InChI is InChI=1S/C20H18N4O5/c1-2-29-15-9-7-14(8-10-15)16-11-12-20(26)23(22-16)13-19(25)21-17-5-3-4-6-18(17)24(27)28/h3-12H,2,13H2,1H3,(H,21,25). The molecule has 9 nitrogen and oxygen atoms in total. The van der Waals surface area contributed by atoms with E-state index in [2.05, 4.69) is 10.4 Å². The monoisotopic (exact) mass is 394 g/mol. The first-order chi connectivity index (χ1) is 14.0. The molecular formula is C20H18N4O5. The molecule has 0 spiro atoms. The van der Waals surface area contributed by atoms with E-state index in [1.807, 2.05) is 6.92 Å². The van der Waals surface area contributed by atoms with Gasteiger partial charge in [0.1, 0.15) is 18.0 Å². The van der Waals surface area contributed by atoms with Gasteiger partial charge in [0.2, 0.25) is 5.91 Å². The molecule has 0 saturated carbocycles. The number of rotatable bonds is 7. The fourth-order valence-electron chi connectivity index (χ4n) is 2.67. The quantitative estimate of drug-likeness (QED) is 0.486. The summed E-state index contributed by atoms with van der Waals surface area (Å²) in [4.78, 5) is 34.9. The molecule has 0 aliphatic rings. The van der Waals surface area contributed by atoms with Crippen LogP contribution in [0.2, 0.25) is 0 Å². The van der Waals surface area contributed by atoms with Crippen LogP contribution in [-0.2, 0) is 11.3 Å². The van der Waals surface area contributed by atoms with E-state index < -0.39 is 16.4 Å². The lowest BCUT2D eigenvalue weighted by atomic mass is 10.1. The van der Waals surface area contributed by atoms with Gasteiger partial charge in [-0.05, 0) is 43.3 Å². The Morgan fingerprint density at radius 3 is 2.55 bits per heavy atom. The van der Waals surface area contributed by atoms with Crippen LogP contribution in [0, 0.1) is 10.1 Å². The largest absolute Gasteiger partial charge is 0.494 e. The van der Waals surface area contributed by atoms with Gasteiger partial charge in [-0.2, -0.15) is 5.10 Å². The molecule has 0 fully saturated rings. The molecule has 1 heterocycles. The second-order valence-corrected chi connectivity index (χ2v) is 5.99. The summed E-state index contributed by atoms with van der Waals surface area (Å²) in [6.07, 6.45) is 0. The normalized spacial score (nSPS) is 10.4. The van der Waals surface area contributed by atoms with Crippen LogP contribution in [0.15, 0.2) is 65.5 Å². The summed E-state index contributed by atoms with van der Waals surface area (Å²) in [5, 5.41) is 17.7. The minimum atomic E-state index is -0.599. The Balaban J connectivity index is 1.79. The number of hydrogen-bond acceptors (Lipinski definition) is 6. The molecule has 0 radical (unpaired) electrons. The summed E-state index contributed by atoms with van der Waals surface area (Å²) in [6, 6.07) is 15.8. The number of nitrogens with one attached hydrogen (secondary N) is 1. The smallest absolute Gasteiger partial charge is 0.292 e. The maximum Gasteiger partial charge on any atom is 0.292 e. The Morgan fingerprint density at radius 2 is 1.86 bits per heavy atom. The number of amides is 1. The maximum absolute atomic E-state index is 12.3. The van der Waals surface area contributed by atoms with Crippen molar-refractivity contribution in [3.8, 4) is 17.0 Å². The van der Waals surface area contributed by atoms with Crippen LogP contribution in [0.25, 0.3) is 11.3 Å². The molecule has 1 aromatic heterocycles. The number of ether oxygens (including phenoxy) is 1. The lowest BCUT2D eigenvalue weighted by Gasteiger charge is -2.09. The van der Waals surface area contributed by atoms with E-state index in [-0.39, 0.29) is 17.9 Å². The van der Waals surface area contributed by atoms with E-state index in [9.17, 15) is 19.7 Å². The molecule has 2 aromatic carbocycles. The van der Waals surface area contributed by atoms with Gasteiger partial charge in [-0.1, -0.05) is 12.1 Å². The minimum Gasteiger partial charge on any atom is -0.494 e. The number of aromatic nitrogens is 2. The second kappa shape index (κ2) is 8.79. The van der Waals surface area contributed by atoms with Gasteiger partial charge in [0.15, 0.2) is 0 Å². The van der Waals surface area contributed by atoms with E-state index in [1.54, 1.807) is 36.4 Å². The van der Waals surface area contributed by atoms with Crippen LogP contribution < -0.4 is 15.6 Å². The van der Waals surface area contributed by atoms with Crippen molar-refractivity contribution < 1.29 is 14.5 Å². The van der Waals surface area contributed by atoms with Crippen molar-refractivity contribution >= 4 is 17.3 Å². The first-order valence-corrected chi connectivity index (χ1v) is 8.82. The molecule has 1 N–H and O–H groups in total. The lowest BCUT2D eigenvalue weighted by molar-refractivity contribution is -0.383. The molecule has 29 heavy (non-hydrogen) atoms. The van der Waals surface area contributed by atoms with Crippen LogP contribution in [0.4, 0.5) is 11.4 Å². The fourth-order valence-corrected chi connectivity index (χ4v) is 2.67. The zero-order valence-corrected chi connectivity index (χ0v) is 15.6. The number of para-hydroxylation sites is 2. The van der Waals surface area contributed by atoms with Gasteiger partial charge in [-0.25, -0.2) is 4.68 Å². The number of nitrogens with zero attached hydrogens (tertiary/aromatic N) is 3. The average molecular weight is 394 g/mol. The number of carbonyl (C=O) groups excluding carboxylic acids is 1. The Hall–Kier alpha value is -4.01. The predicted molar refractivity (Wildman–Crippen MR) is 107 cm³/mol. The Bertz CT molecular complexity index is 1090. The van der Waals surface area contributed by atoms with Gasteiger partial charge >= 0.3 is 0 Å². The number of carbonyl (C=O) groups is 1. The van der Waals surface area contributed by atoms with Gasteiger partial charge in [-0.3, -0.25) is 19.7 Å². The molecule has 0 aliphatic heterocycles. The van der Waals surface area contributed by atoms with Gasteiger partial charge in [0.05, 0.1) is 17.2 Å². The summed E-state index contributed by atoms with van der Waals surface area (Å²) in [5.74, 6) is 0.117. The third-order valence-corrected chi connectivity index (χ3v) is 4.00. The molecule has 0 saturated heterocycles. The highest BCUT2D eigenvalue weighted by Gasteiger charge is 2.15. The molecule has 0 atom stereocenters. The third kappa shape index (κ3) is 4.83. The molecule has 0 unspecified atom stereocenters. The van der Waals surface area contributed by atoms with Gasteiger partial charge in [-0.15, -0.1) is 0 Å². The topological polar surface area (TPSA) is 116 Å². The number of benzene rings is 2. The predicted octanol–water partition coefficient (Wildman–Crippen LogP) is 2.86. The van der Waals surface area contributed by atoms with Crippen LogP contribution in [-0.4, -0.2) is 27.2 Å². The van der Waals surface area contributed by atoms with Crippen molar-refractivity contribution in [3.63, 3.8) is 0 Å². The Labute approximate surface area is 165 Å². The summed E-state index contributed by atoms with van der Waals surface area (Å²) < 4.78 is 6.41. The highest BCUT2D eigenvalue weighted by Crippen LogP contribution is 2.23. The first-order valence-electron chi connectivity index (χ1n) is 8.82. The number of nitro groups is 1. The first kappa shape index (κ1) is 19.7. The van der Waals surface area contributed by atoms with E-state index >= 15 is 0 Å². The zero-order valence-electron chi connectivity index (χ0n) is 15.6. The second-order valence-electron chi connectivity index (χ2n) is 5.99. The Morgan fingerprint density at radius 1 is 1.14 bits per heavy atom. The number of anilines is 1. The van der Waals surface area contributed by atoms with Crippen molar-refractivity contribution in [2.75, 3.05) is 11.9 Å². The van der Waals surface area contributed by atoms with E-state index in [4.69, 9.17) is 4.74 Å². The van der Waals surface area contributed by atoms with Crippen molar-refractivity contribution in [2.24, 2.45) is 0 Å². The van der Waals surface area contributed by atoms with Crippen molar-refractivity contribution in [2.45, 2.75) is 13.5 Å². The molecule has 9 heteroatoms. The third-order valence-electron chi connectivity index (χ3n) is 4.00. The maximum atomic E-state index is 12.3. The van der Waals surface area contributed by atoms with Crippen molar-refractivity contribution in [1.82, 2.24) is 9.78 Å². The highest BCUT2D eigenvalue weighted by atomic mass is 16.6. The van der Waals surface area contributed by atoms with Crippen LogP contribution >= 0.6 is 0 Å². The number of nitro benzene ring substituents is 1. The molecule has 3 aromatic rings. The highest BCUT2D eigenvalue weighted by molar-refractivity contribution is 5.92. The van der Waals surface area contributed by atoms with Crippen LogP contribution in [0.1, 0.15) is 6.92 Å². The van der Waals surface area contributed by atoms with Gasteiger partial charge in [0.25, 0.3) is 11.2 Å². The summed E-state index contributed by atoms with van der Waals surface area (Å²) in [5.41, 5.74) is 0.618. The number of hydrogen-bond donors (Lipinski definition) is 1. The molecular weight excluding hydrogens is 376 g/mol. The minimum absolute atomic E-state index is 0.0539. The SMILES string of the molecule is CCOc1ccc(-c2ccc(=O)n(CC(=O)Nc3ccccc3[N+](=O)[O-])n2)cc1. The molecule has 3 rings (SSSR count). The summed E-state index contributed by atoms with van der Waals surface area (Å²) in [6.45, 7) is 2.06. The average Bonchev–Trinajstić information content (AvgIpc) is 2.71. The van der Waals surface area contributed by atoms with Gasteiger partial charge < -0.3 is 10.1 Å². The van der Waals surface area contributed by atoms with Crippen molar-refractivity contribution in [3.05, 3.63) is 81.1 Å². The molecule has 1 amide bonds. The summed E-state index contributed by atoms with van der Waals surface area (Å²) in [7, 11) is 0. The van der Waals surface area contributed by atoms with E-state index in [1.165, 1.54) is 24.3 Å². The van der Waals surface area contributed by atoms with E-state index in [0.29, 0.717) is 18.1 Å².